The number of benzene rings is 4. The number of allylic oxidation sites excluding steroid dienone is 4. The van der Waals surface area contributed by atoms with E-state index in [9.17, 15) is 0 Å². The van der Waals surface area contributed by atoms with Gasteiger partial charge in [-0.25, -0.2) is 0 Å². The zero-order valence-electron chi connectivity index (χ0n) is 28.9. The summed E-state index contributed by atoms with van der Waals surface area (Å²) in [6.45, 7) is 21.0. The molecule has 0 spiro atoms. The molecule has 0 aromatic heterocycles. The fourth-order valence-electron chi connectivity index (χ4n) is 6.85. The van der Waals surface area contributed by atoms with Crippen LogP contribution in [0.2, 0.25) is 0 Å². The van der Waals surface area contributed by atoms with E-state index in [1.165, 1.54) is 38.9 Å². The summed E-state index contributed by atoms with van der Waals surface area (Å²) < 4.78 is 3.73. The van der Waals surface area contributed by atoms with Crippen molar-refractivity contribution in [3.63, 3.8) is 0 Å². The fraction of sp³-hybridized carbons (Fsp3) is 0.326. The van der Waals surface area contributed by atoms with E-state index in [2.05, 4.69) is 172 Å². The molecule has 46 heavy (non-hydrogen) atoms. The van der Waals surface area contributed by atoms with Crippen LogP contribution in [-0.2, 0) is 37.5 Å². The molecule has 0 unspecified atom stereocenters. The van der Waals surface area contributed by atoms with Crippen LogP contribution in [0.5, 0.6) is 0 Å². The van der Waals surface area contributed by atoms with Crippen molar-refractivity contribution in [2.45, 2.75) is 88.6 Å². The van der Waals surface area contributed by atoms with E-state index >= 15 is 0 Å². The summed E-state index contributed by atoms with van der Waals surface area (Å²) in [4.78, 5) is 0. The smallest absolute Gasteiger partial charge is 1.00 e. The first-order chi connectivity index (χ1) is 20.7. The number of hydrogen-bond donors (Lipinski definition) is 0. The zero-order chi connectivity index (χ0) is 31.4. The van der Waals surface area contributed by atoms with Crippen molar-refractivity contribution >= 4 is 3.21 Å². The first-order valence-corrected chi connectivity index (χ1v) is 20.2. The predicted molar refractivity (Wildman–Crippen MR) is 188 cm³/mol. The van der Waals surface area contributed by atoms with Crippen LogP contribution in [0.25, 0.3) is 11.1 Å². The van der Waals surface area contributed by atoms with Crippen molar-refractivity contribution < 1.29 is 46.1 Å². The SMILES string of the molecule is CC(C)(C)c1ccc(/[C](c2ccccc2)=[Zr+2](/[C]2=CC=CC2)[CH]2c3ccc(C(C)(C)C)cc3-c3cc(C(C)(C)C)ccc32)cc1.[Cl-].[Cl-]. The number of halogens is 2. The Morgan fingerprint density at radius 3 is 1.46 bits per heavy atom. The van der Waals surface area contributed by atoms with Gasteiger partial charge in [-0.2, -0.15) is 0 Å². The topological polar surface area (TPSA) is 0 Å². The minimum atomic E-state index is -2.69. The second-order valence-corrected chi connectivity index (χ2v) is 22.1. The Bertz CT molecular complexity index is 1740. The van der Waals surface area contributed by atoms with Gasteiger partial charge < -0.3 is 24.8 Å². The molecular weight excluding hydrogens is 679 g/mol. The minimum Gasteiger partial charge on any atom is -1.00 e. The van der Waals surface area contributed by atoms with Crippen molar-refractivity contribution in [3.8, 4) is 11.1 Å². The fourth-order valence-corrected chi connectivity index (χ4v) is 15.9. The molecule has 0 atom stereocenters. The van der Waals surface area contributed by atoms with Gasteiger partial charge in [0.15, 0.2) is 0 Å². The summed E-state index contributed by atoms with van der Waals surface area (Å²) in [5.74, 6) is 0. The maximum atomic E-state index is 2.53. The Balaban J connectivity index is 0.00000240. The van der Waals surface area contributed by atoms with E-state index in [1.54, 1.807) is 17.6 Å². The van der Waals surface area contributed by atoms with Crippen molar-refractivity contribution in [2.75, 3.05) is 0 Å². The van der Waals surface area contributed by atoms with Gasteiger partial charge in [-0.05, 0) is 0 Å². The van der Waals surface area contributed by atoms with Gasteiger partial charge in [-0.15, -0.1) is 0 Å². The van der Waals surface area contributed by atoms with Gasteiger partial charge in [0.1, 0.15) is 0 Å². The summed E-state index contributed by atoms with van der Waals surface area (Å²) in [5.41, 5.74) is 13.4. The van der Waals surface area contributed by atoms with Crippen LogP contribution in [0.3, 0.4) is 0 Å². The standard InChI is InChI=1S/C21H25.C17H18.C5H5.2ClH.Zr/c1-20(2,3)16-9-7-14-11-15-8-10-17(21(4,5)6)13-19(15)18(14)12-16;1-17(2,3)16-11-9-15(10-12-16)13-14-7-5-4-6-8-14;1-2-4-5-3-1;;;/h7-13H,1-6H3;4-12H,1-3H3;1-3H,4H2;2*1H;/q;;;;;+2/p-2. The van der Waals surface area contributed by atoms with Gasteiger partial charge in [-0.1, -0.05) is 0 Å². The summed E-state index contributed by atoms with van der Waals surface area (Å²) in [5, 5.41) is 0. The normalized spacial score (nSPS) is 14.5. The quantitative estimate of drug-likeness (QED) is 0.265. The van der Waals surface area contributed by atoms with Gasteiger partial charge in [0.05, 0.1) is 0 Å². The molecule has 2 aliphatic rings. The van der Waals surface area contributed by atoms with E-state index in [0.717, 1.165) is 6.42 Å². The van der Waals surface area contributed by atoms with Gasteiger partial charge in [0, 0.05) is 0 Å². The van der Waals surface area contributed by atoms with Crippen LogP contribution in [0.4, 0.5) is 0 Å². The molecule has 0 fully saturated rings. The summed E-state index contributed by atoms with van der Waals surface area (Å²) >= 11 is -2.69. The molecule has 0 nitrogen and oxygen atoms in total. The molecule has 4 aromatic rings. The molecule has 4 aromatic carbocycles. The molecule has 0 saturated heterocycles. The zero-order valence-corrected chi connectivity index (χ0v) is 32.9. The molecule has 0 heterocycles. The molecule has 0 radical (unpaired) electrons. The third kappa shape index (κ3) is 7.09. The molecule has 238 valence electrons. The largest absolute Gasteiger partial charge is 1.00 e. The third-order valence-electron chi connectivity index (χ3n) is 9.53. The molecular formula is C43H48Cl2Zr. The first-order valence-electron chi connectivity index (χ1n) is 16.3. The Kier molecular flexibility index (Phi) is 10.9. The Morgan fingerprint density at radius 2 is 1.02 bits per heavy atom. The minimum absolute atomic E-state index is 0. The third-order valence-corrected chi connectivity index (χ3v) is 17.8. The van der Waals surface area contributed by atoms with E-state index in [4.69, 9.17) is 0 Å². The second-order valence-electron chi connectivity index (χ2n) is 15.8. The molecule has 0 saturated carbocycles. The molecule has 0 N–H and O–H groups in total. The van der Waals surface area contributed by atoms with Gasteiger partial charge in [0.25, 0.3) is 0 Å². The van der Waals surface area contributed by atoms with Crippen molar-refractivity contribution in [3.05, 3.63) is 151 Å². The van der Waals surface area contributed by atoms with Crippen LogP contribution in [0, 0.1) is 0 Å². The Labute approximate surface area is 298 Å². The summed E-state index contributed by atoms with van der Waals surface area (Å²) in [6, 6.07) is 35.8. The Morgan fingerprint density at radius 1 is 0.565 bits per heavy atom. The maximum absolute atomic E-state index is 2.69. The average molecular weight is 727 g/mol. The van der Waals surface area contributed by atoms with Crippen LogP contribution in [-0.4, -0.2) is 3.21 Å². The van der Waals surface area contributed by atoms with E-state index < -0.39 is 21.3 Å². The molecule has 0 bridgehead atoms. The molecule has 0 amide bonds. The molecule has 2 aliphatic carbocycles. The van der Waals surface area contributed by atoms with Gasteiger partial charge in [-0.3, -0.25) is 0 Å². The molecule has 6 rings (SSSR count). The summed E-state index contributed by atoms with van der Waals surface area (Å²) in [7, 11) is 0. The monoisotopic (exact) mass is 724 g/mol. The van der Waals surface area contributed by atoms with E-state index in [0.29, 0.717) is 3.63 Å². The van der Waals surface area contributed by atoms with E-state index in [1.807, 2.05) is 0 Å². The Hall–Kier alpha value is -2.31. The first kappa shape index (κ1) is 36.5. The predicted octanol–water partition coefficient (Wildman–Crippen LogP) is 5.39. The molecule has 3 heteroatoms. The number of hydrogen-bond acceptors (Lipinski definition) is 0. The van der Waals surface area contributed by atoms with E-state index in [-0.39, 0.29) is 41.1 Å². The van der Waals surface area contributed by atoms with Crippen LogP contribution in [0.1, 0.15) is 111 Å². The number of fused-ring (bicyclic) bond motifs is 3. The maximum Gasteiger partial charge on any atom is -1.00 e. The van der Waals surface area contributed by atoms with Crippen molar-refractivity contribution in [1.82, 2.24) is 0 Å². The van der Waals surface area contributed by atoms with Gasteiger partial charge >= 0.3 is 276 Å². The number of rotatable bonds is 4. The average Bonchev–Trinajstić information content (AvgIpc) is 3.61. The van der Waals surface area contributed by atoms with Crippen LogP contribution >= 0.6 is 0 Å². The molecule has 0 aliphatic heterocycles. The van der Waals surface area contributed by atoms with Crippen molar-refractivity contribution in [2.24, 2.45) is 0 Å². The van der Waals surface area contributed by atoms with Crippen LogP contribution in [0.15, 0.2) is 113 Å². The van der Waals surface area contributed by atoms with Gasteiger partial charge in [0.2, 0.25) is 0 Å². The second kappa shape index (κ2) is 13.7. The van der Waals surface area contributed by atoms with Crippen LogP contribution < -0.4 is 24.8 Å². The van der Waals surface area contributed by atoms with Crippen molar-refractivity contribution in [1.29, 1.82) is 0 Å². The summed E-state index contributed by atoms with van der Waals surface area (Å²) in [6.07, 6.45) is 8.24.